The van der Waals surface area contributed by atoms with E-state index in [2.05, 4.69) is 4.98 Å². The van der Waals surface area contributed by atoms with Crippen LogP contribution in [0.3, 0.4) is 0 Å². The van der Waals surface area contributed by atoms with Crippen molar-refractivity contribution >= 4 is 69.3 Å². The number of rotatable bonds is 31. The maximum Gasteiger partial charge on any atom is 0.317 e. The first-order valence-corrected chi connectivity index (χ1v) is 39.4. The van der Waals surface area contributed by atoms with E-state index in [-0.39, 0.29) is 69.8 Å². The van der Waals surface area contributed by atoms with Crippen LogP contribution >= 0.6 is 0 Å². The van der Waals surface area contributed by atoms with Crippen molar-refractivity contribution in [3.8, 4) is 34.5 Å². The van der Waals surface area contributed by atoms with Gasteiger partial charge in [-0.15, -0.1) is 0 Å². The van der Waals surface area contributed by atoms with Crippen molar-refractivity contribution in [2.45, 2.75) is 108 Å². The van der Waals surface area contributed by atoms with E-state index >= 15 is 0 Å². The Balaban J connectivity index is 0.000000149. The van der Waals surface area contributed by atoms with Gasteiger partial charge >= 0.3 is 23.9 Å². The minimum absolute atomic E-state index is 0.0860. The number of aromatic nitrogens is 2. The van der Waals surface area contributed by atoms with Gasteiger partial charge in [-0.2, -0.15) is 0 Å². The van der Waals surface area contributed by atoms with Crippen molar-refractivity contribution in [3.63, 3.8) is 0 Å². The number of carbonyl (C=O) groups excluding carboxylic acids is 8. The molecule has 8 atom stereocenters. The van der Waals surface area contributed by atoms with Crippen LogP contribution in [0.25, 0.3) is 21.8 Å². The first-order chi connectivity index (χ1) is 58.9. The smallest absolute Gasteiger partial charge is 0.317 e. The van der Waals surface area contributed by atoms with E-state index in [1.807, 2.05) is 116 Å². The third kappa shape index (κ3) is 19.8. The van der Waals surface area contributed by atoms with Gasteiger partial charge in [-0.25, -0.2) is 30.7 Å². The number of para-hydroxylation sites is 2. The van der Waals surface area contributed by atoms with Gasteiger partial charge in [0.05, 0.1) is 94.3 Å². The molecule has 8 N–H and O–H groups in total. The normalized spacial score (nSPS) is 20.3. The molecule has 2 aromatic heterocycles. The number of hydrogen-bond acceptors (Lipinski definition) is 24. The highest BCUT2D eigenvalue weighted by Crippen LogP contribution is 2.59. The number of carbonyl (C=O) groups is 8. The second-order valence-corrected chi connectivity index (χ2v) is 30.4. The molecule has 0 unspecified atom stereocenters. The van der Waals surface area contributed by atoms with E-state index in [0.29, 0.717) is 59.3 Å². The number of pyridine rings is 2. The zero-order chi connectivity index (χ0) is 87.0. The fourth-order valence-electron chi connectivity index (χ4n) is 15.7. The van der Waals surface area contributed by atoms with E-state index in [0.717, 1.165) is 79.8 Å². The minimum atomic E-state index is -1.11. The molecule has 122 heavy (non-hydrogen) atoms. The molecule has 4 amide bonds. The number of ether oxygens (including phenoxy) is 10. The average molecular weight is 1670 g/mol. The van der Waals surface area contributed by atoms with Crippen LogP contribution in [0, 0.1) is 53.1 Å². The fraction of sp³-hybridized carbons (Fsp3) is 0.326. The van der Waals surface area contributed by atoms with Gasteiger partial charge in [0.1, 0.15) is 53.6 Å². The summed E-state index contributed by atoms with van der Waals surface area (Å²) in [5.41, 5.74) is 11.9. The molecule has 8 aromatic carbocycles. The molecular formula is C92H94F2N6O22. The lowest BCUT2D eigenvalue weighted by atomic mass is 9.92. The highest BCUT2D eigenvalue weighted by Gasteiger charge is 2.68. The number of fused-ring (bicyclic) bond motifs is 2. The number of methoxy groups -OCH3 is 5. The Hall–Kier alpha value is -13.2. The highest BCUT2D eigenvalue weighted by atomic mass is 19.1. The standard InChI is InChI=1S/C26H25FN2O5.C25H25FN2O5.C21H23NO6.C20H21NO6/c1-33-25(31)26(13-19(26)24(30)29-32)12-15-6-9-23(20(27)10-15)34-14-17-11-22(16-7-8-16)28-21-5-3-2-4-18(17)21;1-3-32-24(30)25(13-19(25)23(29)28-31)12-16-8-9-22(20(26)11-16)33-14-17-10-15(2)27-21-7-5-4-6-18(17)21;1-26-16-8-6-14(7-9-16)10-11-28-17-5-3-4-15(12-17)21(20(24)27-2)13-18(21)19(23)22-25;1-25-15-7-3-5-13(9-15)12-27-16-8-4-6-14(10-16)20(19(23)26-2)11-17(20)18(22)21-24/h2-6,9-11,16,19,32H,7-8,12-14H2,1H3,(H,29,30);4-11,19,31H,3,12-14H2,1-2H3,(H,28,29);3-9,12,18,25H,10-11,13H2,1-2H3,(H,22,23);3-10,17,24H,11-12H2,1-2H3,(H,21,22)/t19-,26+;19-,25+;18-,21-;17-,20-/m1100/s1. The van der Waals surface area contributed by atoms with Crippen LogP contribution in [-0.2, 0) is 107 Å². The van der Waals surface area contributed by atoms with Gasteiger partial charge in [0.15, 0.2) is 23.1 Å². The number of hydrogen-bond donors (Lipinski definition) is 8. The molecule has 2 heterocycles. The number of amides is 4. The summed E-state index contributed by atoms with van der Waals surface area (Å²) in [6, 6.07) is 57.9. The van der Waals surface area contributed by atoms with Crippen LogP contribution in [0.15, 0.2) is 194 Å². The molecule has 0 radical (unpaired) electrons. The van der Waals surface area contributed by atoms with Crippen LogP contribution in [-0.4, -0.2) is 127 Å². The number of hydroxylamine groups is 4. The first-order valence-electron chi connectivity index (χ1n) is 39.4. The van der Waals surface area contributed by atoms with Crippen molar-refractivity contribution in [1.29, 1.82) is 0 Å². The monoisotopic (exact) mass is 1670 g/mol. The number of benzene rings is 8. The quantitative estimate of drug-likeness (QED) is 0.00866. The fourth-order valence-corrected chi connectivity index (χ4v) is 15.7. The van der Waals surface area contributed by atoms with Crippen LogP contribution < -0.4 is 50.3 Å². The summed E-state index contributed by atoms with van der Waals surface area (Å²) in [5, 5.41) is 37.6. The van der Waals surface area contributed by atoms with E-state index in [1.165, 1.54) is 45.6 Å². The number of nitrogens with one attached hydrogen (secondary N) is 4. The van der Waals surface area contributed by atoms with Gasteiger partial charge in [0.25, 0.3) is 0 Å². The molecule has 10 aromatic rings. The Morgan fingerprint density at radius 1 is 0.426 bits per heavy atom. The summed E-state index contributed by atoms with van der Waals surface area (Å²) in [7, 11) is 7.03. The maximum atomic E-state index is 14.9. The Labute approximate surface area is 700 Å². The van der Waals surface area contributed by atoms with Crippen molar-refractivity contribution in [3.05, 3.63) is 262 Å². The first kappa shape index (κ1) is 88.1. The summed E-state index contributed by atoms with van der Waals surface area (Å²) >= 11 is 0. The Bertz CT molecular complexity index is 5520. The van der Waals surface area contributed by atoms with Crippen LogP contribution in [0.5, 0.6) is 34.5 Å². The van der Waals surface area contributed by atoms with Crippen molar-refractivity contribution in [1.82, 2.24) is 31.9 Å². The highest BCUT2D eigenvalue weighted by molar-refractivity contribution is 5.99. The third-order valence-corrected chi connectivity index (χ3v) is 22.8. The molecule has 28 nitrogen and oxygen atoms in total. The van der Waals surface area contributed by atoms with E-state index in [4.69, 9.17) is 73.2 Å². The summed E-state index contributed by atoms with van der Waals surface area (Å²) in [6.07, 6.45) is 4.23. The number of nitrogens with zero attached hydrogens (tertiary/aromatic N) is 2. The lowest BCUT2D eigenvalue weighted by Gasteiger charge is -2.16. The minimum Gasteiger partial charge on any atom is -0.497 e. The predicted octanol–water partition coefficient (Wildman–Crippen LogP) is 12.4. The topological polar surface area (TPSA) is 384 Å². The van der Waals surface area contributed by atoms with Crippen molar-refractivity contribution in [2.24, 2.45) is 34.5 Å². The van der Waals surface area contributed by atoms with Crippen molar-refractivity contribution in [2.75, 3.05) is 48.8 Å². The van der Waals surface area contributed by atoms with Crippen LogP contribution in [0.1, 0.15) is 107 Å². The van der Waals surface area contributed by atoms with Gasteiger partial charge in [-0.1, -0.05) is 97.1 Å². The number of aryl methyl sites for hydroxylation is 1. The molecular weight excluding hydrogens is 1580 g/mol. The molecule has 30 heteroatoms. The average Bonchev–Trinajstić information content (AvgIpc) is 1.56. The summed E-state index contributed by atoms with van der Waals surface area (Å²) in [6.45, 7) is 4.89. The zero-order valence-electron chi connectivity index (χ0n) is 68.0. The predicted molar refractivity (Wildman–Crippen MR) is 435 cm³/mol. The third-order valence-electron chi connectivity index (χ3n) is 22.8. The van der Waals surface area contributed by atoms with Gasteiger partial charge < -0.3 is 47.4 Å². The molecule has 5 aliphatic rings. The number of esters is 4. The molecule has 0 saturated heterocycles. The molecule has 5 aliphatic carbocycles. The van der Waals surface area contributed by atoms with E-state index < -0.39 is 104 Å². The second kappa shape index (κ2) is 38.9. The SMILES string of the molecule is CCOC(=O)[C@@]1(Cc2ccc(OCc3cc(C)nc4ccccc34)c(F)c2)C[C@@H]1C(=O)NO.COC(=O)[C@@]1(Cc2ccc(OCc3cc(C4CC4)nc4ccccc34)c(F)c2)C[C@@H]1C(=O)NO.COC(=O)[C@]1(c2cccc(OCCc3ccc(OC)cc3)c2)C[C@H]1C(=O)NO.COC(=O)[C@]1(c2cccc(OCc3cccc(OC)c3)c2)C[C@H]1C(=O)NO. The van der Waals surface area contributed by atoms with Crippen LogP contribution in [0.4, 0.5) is 8.78 Å². The molecule has 0 spiro atoms. The summed E-state index contributed by atoms with van der Waals surface area (Å²) in [4.78, 5) is 106. The number of halogens is 2. The van der Waals surface area contributed by atoms with E-state index in [1.54, 1.807) is 104 Å². The largest absolute Gasteiger partial charge is 0.497 e. The zero-order valence-corrected chi connectivity index (χ0v) is 68.0. The Kier molecular flexibility index (Phi) is 28.1. The molecule has 5 fully saturated rings. The van der Waals surface area contributed by atoms with Gasteiger partial charge in [-0.05, 0) is 196 Å². The van der Waals surface area contributed by atoms with Crippen LogP contribution in [0.2, 0.25) is 0 Å². The molecule has 0 aliphatic heterocycles. The summed E-state index contributed by atoms with van der Waals surface area (Å²) in [5.74, 6) is -5.13. The maximum absolute atomic E-state index is 14.9. The molecule has 5 saturated carbocycles. The second-order valence-electron chi connectivity index (χ2n) is 30.4. The van der Waals surface area contributed by atoms with E-state index in [9.17, 15) is 47.1 Å². The molecule has 638 valence electrons. The van der Waals surface area contributed by atoms with Crippen molar-refractivity contribution < 1.29 is 115 Å². The Morgan fingerprint density at radius 3 is 1.37 bits per heavy atom. The molecule has 15 rings (SSSR count). The lowest BCUT2D eigenvalue weighted by molar-refractivity contribution is -0.152. The lowest BCUT2D eigenvalue weighted by Crippen LogP contribution is -2.31. The van der Waals surface area contributed by atoms with Gasteiger partial charge in [-0.3, -0.25) is 69.2 Å². The summed E-state index contributed by atoms with van der Waals surface area (Å²) < 4.78 is 83.1. The van der Waals surface area contributed by atoms with Gasteiger partial charge in [0.2, 0.25) is 23.6 Å². The molecule has 0 bridgehead atoms. The Morgan fingerprint density at radius 2 is 0.885 bits per heavy atom. The van der Waals surface area contributed by atoms with Gasteiger partial charge in [0, 0.05) is 45.6 Å².